The Labute approximate surface area is 144 Å². The van der Waals surface area contributed by atoms with Crippen molar-refractivity contribution in [2.75, 3.05) is 11.9 Å². The first-order valence-corrected chi connectivity index (χ1v) is 7.49. The molecule has 1 amide bonds. The highest BCUT2D eigenvalue weighted by molar-refractivity contribution is 7.80. The van der Waals surface area contributed by atoms with E-state index in [0.717, 1.165) is 0 Å². The van der Waals surface area contributed by atoms with E-state index in [0.29, 0.717) is 17.0 Å². The number of para-hydroxylation sites is 1. The minimum absolute atomic E-state index is 0.114. The van der Waals surface area contributed by atoms with Gasteiger partial charge in [0.2, 0.25) is 0 Å². The lowest BCUT2D eigenvalue weighted by Crippen LogP contribution is -2.37. The van der Waals surface area contributed by atoms with E-state index in [9.17, 15) is 9.59 Å². The van der Waals surface area contributed by atoms with Gasteiger partial charge in [-0.1, -0.05) is 18.2 Å². The van der Waals surface area contributed by atoms with Crippen molar-refractivity contribution in [2.45, 2.75) is 6.92 Å². The van der Waals surface area contributed by atoms with E-state index in [4.69, 9.17) is 22.1 Å². The van der Waals surface area contributed by atoms with Crippen LogP contribution in [0.2, 0.25) is 0 Å². The number of thiocarbonyl (C=S) groups is 1. The Morgan fingerprint density at radius 1 is 1.17 bits per heavy atom. The number of carboxylic acids is 1. The molecule has 0 fully saturated rings. The third-order valence-corrected chi connectivity index (χ3v) is 3.29. The second-order valence-corrected chi connectivity index (χ2v) is 5.35. The molecule has 0 saturated carbocycles. The summed E-state index contributed by atoms with van der Waals surface area (Å²) in [4.78, 5) is 22.7. The van der Waals surface area contributed by atoms with Gasteiger partial charge in [-0.25, -0.2) is 4.79 Å². The first-order valence-electron chi connectivity index (χ1n) is 7.08. The zero-order valence-electron chi connectivity index (χ0n) is 12.9. The largest absolute Gasteiger partial charge is 0.484 e. The van der Waals surface area contributed by atoms with Gasteiger partial charge in [0.1, 0.15) is 5.75 Å². The number of benzene rings is 2. The molecule has 2 aromatic carbocycles. The highest BCUT2D eigenvalue weighted by atomic mass is 32.1. The summed E-state index contributed by atoms with van der Waals surface area (Å²) in [5.74, 6) is -0.804. The highest BCUT2D eigenvalue weighted by Crippen LogP contribution is 2.16. The van der Waals surface area contributed by atoms with Crippen molar-refractivity contribution in [3.05, 3.63) is 59.7 Å². The van der Waals surface area contributed by atoms with Crippen molar-refractivity contribution in [1.82, 2.24) is 5.32 Å². The highest BCUT2D eigenvalue weighted by Gasteiger charge is 2.09. The van der Waals surface area contributed by atoms with Gasteiger partial charge in [0.05, 0.1) is 5.56 Å². The average molecular weight is 344 g/mol. The molecule has 0 radical (unpaired) electrons. The maximum Gasteiger partial charge on any atom is 0.335 e. The minimum atomic E-state index is -1.00. The molecule has 3 N–H and O–H groups in total. The smallest absolute Gasteiger partial charge is 0.335 e. The molecule has 0 heterocycles. The third-order valence-electron chi connectivity index (χ3n) is 3.09. The summed E-state index contributed by atoms with van der Waals surface area (Å²) in [5, 5.41) is 14.4. The SMILES string of the molecule is Cc1cc(C(=O)O)ccc1NC(=S)NC(=O)COc1ccccc1. The molecule has 0 unspecified atom stereocenters. The Morgan fingerprint density at radius 2 is 1.88 bits per heavy atom. The summed E-state index contributed by atoms with van der Waals surface area (Å²) >= 11 is 5.07. The molecule has 0 spiro atoms. The summed E-state index contributed by atoms with van der Waals surface area (Å²) in [6, 6.07) is 13.5. The Balaban J connectivity index is 1.86. The molecule has 2 rings (SSSR count). The number of aryl methyl sites for hydroxylation is 1. The van der Waals surface area contributed by atoms with E-state index in [1.165, 1.54) is 12.1 Å². The first-order chi connectivity index (χ1) is 11.5. The van der Waals surface area contributed by atoms with Gasteiger partial charge < -0.3 is 15.2 Å². The third kappa shape index (κ3) is 5.06. The quantitative estimate of drug-likeness (QED) is 0.723. The van der Waals surface area contributed by atoms with Crippen LogP contribution in [0.25, 0.3) is 0 Å². The molecule has 124 valence electrons. The van der Waals surface area contributed by atoms with E-state index >= 15 is 0 Å². The predicted molar refractivity (Wildman–Crippen MR) is 94.4 cm³/mol. The number of hydrogen-bond donors (Lipinski definition) is 3. The van der Waals surface area contributed by atoms with Crippen LogP contribution in [0.4, 0.5) is 5.69 Å². The van der Waals surface area contributed by atoms with Crippen molar-refractivity contribution in [3.8, 4) is 5.75 Å². The maximum absolute atomic E-state index is 11.8. The number of hydrogen-bond acceptors (Lipinski definition) is 4. The topological polar surface area (TPSA) is 87.7 Å². The van der Waals surface area contributed by atoms with Crippen molar-refractivity contribution in [2.24, 2.45) is 0 Å². The van der Waals surface area contributed by atoms with Gasteiger partial charge in [-0.2, -0.15) is 0 Å². The number of aromatic carboxylic acids is 1. The minimum Gasteiger partial charge on any atom is -0.484 e. The van der Waals surface area contributed by atoms with Crippen LogP contribution in [0.5, 0.6) is 5.75 Å². The molecular weight excluding hydrogens is 328 g/mol. The lowest BCUT2D eigenvalue weighted by atomic mass is 10.1. The molecule has 0 aliphatic carbocycles. The molecule has 0 atom stereocenters. The fourth-order valence-corrected chi connectivity index (χ4v) is 2.14. The molecular formula is C17H16N2O4S. The van der Waals surface area contributed by atoms with Gasteiger partial charge in [0.25, 0.3) is 5.91 Å². The summed E-state index contributed by atoms with van der Waals surface area (Å²) in [7, 11) is 0. The van der Waals surface area contributed by atoms with Crippen LogP contribution in [-0.2, 0) is 4.79 Å². The normalized spacial score (nSPS) is 9.88. The summed E-state index contributed by atoms with van der Waals surface area (Å²) in [6.07, 6.45) is 0. The zero-order chi connectivity index (χ0) is 17.5. The van der Waals surface area contributed by atoms with Crippen LogP contribution in [0.15, 0.2) is 48.5 Å². The molecule has 0 bridgehead atoms. The number of carboxylic acid groups (broad SMARTS) is 1. The number of nitrogens with one attached hydrogen (secondary N) is 2. The number of ether oxygens (including phenoxy) is 1. The van der Waals surface area contributed by atoms with Gasteiger partial charge in [-0.05, 0) is 55.0 Å². The van der Waals surface area contributed by atoms with Gasteiger partial charge in [0, 0.05) is 5.69 Å². The standard InChI is InChI=1S/C17H16N2O4S/c1-11-9-12(16(21)22)7-8-14(11)18-17(24)19-15(20)10-23-13-5-3-2-4-6-13/h2-9H,10H2,1H3,(H,21,22)(H2,18,19,20,24). The predicted octanol–water partition coefficient (Wildman–Crippen LogP) is 2.59. The zero-order valence-corrected chi connectivity index (χ0v) is 13.7. The fraction of sp³-hybridized carbons (Fsp3) is 0.118. The van der Waals surface area contributed by atoms with E-state index in [1.807, 2.05) is 18.2 Å². The lowest BCUT2D eigenvalue weighted by Gasteiger charge is -2.12. The van der Waals surface area contributed by atoms with E-state index in [2.05, 4.69) is 10.6 Å². The second kappa shape index (κ2) is 8.07. The monoisotopic (exact) mass is 344 g/mol. The van der Waals surface area contributed by atoms with Gasteiger partial charge in [-0.3, -0.25) is 10.1 Å². The van der Waals surface area contributed by atoms with E-state index in [1.54, 1.807) is 25.1 Å². The molecule has 24 heavy (non-hydrogen) atoms. The molecule has 0 saturated heterocycles. The van der Waals surface area contributed by atoms with Crippen LogP contribution in [0, 0.1) is 6.92 Å². The van der Waals surface area contributed by atoms with Gasteiger partial charge in [0.15, 0.2) is 11.7 Å². The molecule has 0 aliphatic heterocycles. The van der Waals surface area contributed by atoms with Crippen LogP contribution in [0.3, 0.4) is 0 Å². The van der Waals surface area contributed by atoms with Crippen LogP contribution >= 0.6 is 12.2 Å². The van der Waals surface area contributed by atoms with Crippen molar-refractivity contribution < 1.29 is 19.4 Å². The van der Waals surface area contributed by atoms with Crippen molar-refractivity contribution >= 4 is 34.9 Å². The maximum atomic E-state index is 11.8. The molecule has 0 aromatic heterocycles. The number of carbonyl (C=O) groups is 2. The second-order valence-electron chi connectivity index (χ2n) is 4.94. The Morgan fingerprint density at radius 3 is 2.50 bits per heavy atom. The van der Waals surface area contributed by atoms with Crippen LogP contribution < -0.4 is 15.4 Å². The lowest BCUT2D eigenvalue weighted by molar-refractivity contribution is -0.121. The molecule has 6 nitrogen and oxygen atoms in total. The summed E-state index contributed by atoms with van der Waals surface area (Å²) in [6.45, 7) is 1.58. The number of anilines is 1. The van der Waals surface area contributed by atoms with Crippen LogP contribution in [0.1, 0.15) is 15.9 Å². The van der Waals surface area contributed by atoms with E-state index < -0.39 is 11.9 Å². The molecule has 2 aromatic rings. The van der Waals surface area contributed by atoms with Gasteiger partial charge in [-0.15, -0.1) is 0 Å². The average Bonchev–Trinajstić information content (AvgIpc) is 2.55. The Kier molecular flexibility index (Phi) is 5.86. The Bertz CT molecular complexity index is 762. The van der Waals surface area contributed by atoms with E-state index in [-0.39, 0.29) is 17.3 Å². The van der Waals surface area contributed by atoms with Crippen LogP contribution in [-0.4, -0.2) is 28.7 Å². The fourth-order valence-electron chi connectivity index (χ4n) is 1.92. The summed E-state index contributed by atoms with van der Waals surface area (Å²) < 4.78 is 5.32. The number of amides is 1. The molecule has 7 heteroatoms. The van der Waals surface area contributed by atoms with Crippen molar-refractivity contribution in [3.63, 3.8) is 0 Å². The molecule has 0 aliphatic rings. The van der Waals surface area contributed by atoms with Crippen molar-refractivity contribution in [1.29, 1.82) is 0 Å². The first kappa shape index (κ1) is 17.4. The summed E-state index contributed by atoms with van der Waals surface area (Å²) in [5.41, 5.74) is 1.51. The number of rotatable bonds is 5. The van der Waals surface area contributed by atoms with Gasteiger partial charge >= 0.3 is 5.97 Å². The number of carbonyl (C=O) groups excluding carboxylic acids is 1. The Hall–Kier alpha value is -2.93.